The molecule has 0 bridgehead atoms. The van der Waals surface area contributed by atoms with Crippen LogP contribution in [0.4, 0.5) is 5.69 Å². The number of carbonyl (C=O) groups excluding carboxylic acids is 2. The molecule has 6 heteroatoms. The molecule has 0 radical (unpaired) electrons. The molecule has 0 unspecified atom stereocenters. The molecule has 1 amide bonds. The predicted molar refractivity (Wildman–Crippen MR) is 98.5 cm³/mol. The lowest BCUT2D eigenvalue weighted by atomic mass is 9.86. The van der Waals surface area contributed by atoms with Crippen molar-refractivity contribution in [3.8, 4) is 0 Å². The second-order valence-electron chi connectivity index (χ2n) is 7.10. The van der Waals surface area contributed by atoms with E-state index in [1.54, 1.807) is 13.0 Å². The first kappa shape index (κ1) is 19.4. The smallest absolute Gasteiger partial charge is 0.342 e. The summed E-state index contributed by atoms with van der Waals surface area (Å²) in [6.45, 7) is 8.83. The van der Waals surface area contributed by atoms with Gasteiger partial charge in [0.2, 0.25) is 0 Å². The molecule has 26 heavy (non-hydrogen) atoms. The van der Waals surface area contributed by atoms with Gasteiger partial charge in [0.15, 0.2) is 6.61 Å². The molecule has 0 atom stereocenters. The molecule has 2 aromatic rings. The Labute approximate surface area is 152 Å². The Morgan fingerprint density at radius 2 is 1.81 bits per heavy atom. The number of aryl methyl sites for hydroxylation is 2. The molecule has 1 heterocycles. The van der Waals surface area contributed by atoms with Crippen molar-refractivity contribution in [2.45, 2.75) is 40.0 Å². The van der Waals surface area contributed by atoms with E-state index in [-0.39, 0.29) is 16.7 Å². The molecule has 0 saturated carbocycles. The number of esters is 1. The maximum atomic E-state index is 12.2. The summed E-state index contributed by atoms with van der Waals surface area (Å²) in [6.07, 6.45) is 0. The summed E-state index contributed by atoms with van der Waals surface area (Å²) < 4.78 is 9.98. The molecule has 138 valence electrons. The van der Waals surface area contributed by atoms with Crippen LogP contribution in [0.5, 0.6) is 0 Å². The summed E-state index contributed by atoms with van der Waals surface area (Å²) in [5.41, 5.74) is 1.59. The van der Waals surface area contributed by atoms with Crippen molar-refractivity contribution in [1.29, 1.82) is 0 Å². The minimum absolute atomic E-state index is 0.143. The van der Waals surface area contributed by atoms with Crippen LogP contribution >= 0.6 is 0 Å². The van der Waals surface area contributed by atoms with Crippen LogP contribution in [0.3, 0.4) is 0 Å². The van der Waals surface area contributed by atoms with Gasteiger partial charge in [-0.1, -0.05) is 39.0 Å². The van der Waals surface area contributed by atoms with Gasteiger partial charge in [0.05, 0.1) is 0 Å². The fraction of sp³-hybridized carbons (Fsp3) is 0.350. The number of hydrogen-bond donors (Lipinski definition) is 1. The standard InChI is InChI=1S/C20H23NO5/c1-12-10-17(23)26-13(2)18(12)19(24)25-11-16(22)21-15-9-7-6-8-14(15)20(3,4)5/h6-10H,11H2,1-5H3,(H,21,22). The van der Waals surface area contributed by atoms with E-state index in [1.807, 2.05) is 39.0 Å². The van der Waals surface area contributed by atoms with Crippen molar-refractivity contribution >= 4 is 17.6 Å². The van der Waals surface area contributed by atoms with Gasteiger partial charge in [0.1, 0.15) is 11.3 Å². The van der Waals surface area contributed by atoms with E-state index in [9.17, 15) is 14.4 Å². The summed E-state index contributed by atoms with van der Waals surface area (Å²) in [5.74, 6) is -0.982. The van der Waals surface area contributed by atoms with Crippen LogP contribution in [0.15, 0.2) is 39.5 Å². The molecule has 0 aliphatic rings. The molecule has 1 N–H and O–H groups in total. The quantitative estimate of drug-likeness (QED) is 0.848. The van der Waals surface area contributed by atoms with Gasteiger partial charge in [-0.3, -0.25) is 4.79 Å². The van der Waals surface area contributed by atoms with E-state index < -0.39 is 24.1 Å². The lowest BCUT2D eigenvalue weighted by Crippen LogP contribution is -2.24. The largest absolute Gasteiger partial charge is 0.452 e. The average Bonchev–Trinajstić information content (AvgIpc) is 2.51. The van der Waals surface area contributed by atoms with Crippen LogP contribution in [0, 0.1) is 13.8 Å². The number of benzene rings is 1. The maximum Gasteiger partial charge on any atom is 0.342 e. The molecule has 0 spiro atoms. The van der Waals surface area contributed by atoms with Crippen LogP contribution in [-0.4, -0.2) is 18.5 Å². The molecule has 1 aromatic carbocycles. The third-order valence-corrected chi connectivity index (χ3v) is 3.88. The minimum Gasteiger partial charge on any atom is -0.452 e. The first-order valence-electron chi connectivity index (χ1n) is 8.27. The topological polar surface area (TPSA) is 85.6 Å². The Balaban J connectivity index is 2.07. The maximum absolute atomic E-state index is 12.2. The number of carbonyl (C=O) groups is 2. The number of amides is 1. The van der Waals surface area contributed by atoms with Gasteiger partial charge in [0.25, 0.3) is 5.91 Å². The van der Waals surface area contributed by atoms with Gasteiger partial charge in [-0.2, -0.15) is 0 Å². The SMILES string of the molecule is Cc1cc(=O)oc(C)c1C(=O)OCC(=O)Nc1ccccc1C(C)(C)C. The van der Waals surface area contributed by atoms with E-state index in [4.69, 9.17) is 9.15 Å². The highest BCUT2D eigenvalue weighted by Crippen LogP contribution is 2.29. The molecule has 6 nitrogen and oxygen atoms in total. The van der Waals surface area contributed by atoms with Crippen LogP contribution in [0.25, 0.3) is 0 Å². The molecular formula is C20H23NO5. The highest BCUT2D eigenvalue weighted by Gasteiger charge is 2.20. The van der Waals surface area contributed by atoms with Crippen LogP contribution in [-0.2, 0) is 14.9 Å². The van der Waals surface area contributed by atoms with Crippen LogP contribution in [0.2, 0.25) is 0 Å². The van der Waals surface area contributed by atoms with Gasteiger partial charge >= 0.3 is 11.6 Å². The Bertz CT molecular complexity index is 864. The summed E-state index contributed by atoms with van der Waals surface area (Å²) in [6, 6.07) is 8.70. The van der Waals surface area contributed by atoms with Crippen molar-refractivity contribution in [2.75, 3.05) is 11.9 Å². The summed E-state index contributed by atoms with van der Waals surface area (Å²) in [5, 5.41) is 2.77. The summed E-state index contributed by atoms with van der Waals surface area (Å²) in [7, 11) is 0. The molecule has 0 aliphatic heterocycles. The lowest BCUT2D eigenvalue weighted by Gasteiger charge is -2.23. The average molecular weight is 357 g/mol. The number of nitrogens with one attached hydrogen (secondary N) is 1. The molecule has 2 rings (SSSR count). The predicted octanol–water partition coefficient (Wildman–Crippen LogP) is 3.35. The lowest BCUT2D eigenvalue weighted by molar-refractivity contribution is -0.119. The van der Waals surface area contributed by atoms with Crippen molar-refractivity contribution in [3.05, 3.63) is 63.2 Å². The van der Waals surface area contributed by atoms with E-state index in [2.05, 4.69) is 5.32 Å². The van der Waals surface area contributed by atoms with Gasteiger partial charge in [0, 0.05) is 11.8 Å². The number of hydrogen-bond acceptors (Lipinski definition) is 5. The van der Waals surface area contributed by atoms with Crippen LogP contribution < -0.4 is 10.9 Å². The van der Waals surface area contributed by atoms with Gasteiger partial charge in [-0.05, 0) is 36.5 Å². The highest BCUT2D eigenvalue weighted by molar-refractivity contribution is 5.96. The summed E-state index contributed by atoms with van der Waals surface area (Å²) in [4.78, 5) is 35.7. The molecule has 1 aromatic heterocycles. The zero-order chi connectivity index (χ0) is 19.5. The number of ether oxygens (including phenoxy) is 1. The van der Waals surface area contributed by atoms with E-state index in [0.717, 1.165) is 5.56 Å². The number of para-hydroxylation sites is 1. The number of rotatable bonds is 4. The van der Waals surface area contributed by atoms with Crippen molar-refractivity contribution in [3.63, 3.8) is 0 Å². The monoisotopic (exact) mass is 357 g/mol. The normalized spacial score (nSPS) is 11.1. The van der Waals surface area contributed by atoms with E-state index >= 15 is 0 Å². The fourth-order valence-electron chi connectivity index (χ4n) is 2.70. The van der Waals surface area contributed by atoms with Crippen molar-refractivity contribution in [2.24, 2.45) is 0 Å². The second kappa shape index (κ2) is 7.56. The van der Waals surface area contributed by atoms with E-state index in [1.165, 1.54) is 13.0 Å². The zero-order valence-electron chi connectivity index (χ0n) is 15.6. The minimum atomic E-state index is -0.706. The summed E-state index contributed by atoms with van der Waals surface area (Å²) >= 11 is 0. The molecular weight excluding hydrogens is 334 g/mol. The first-order valence-corrected chi connectivity index (χ1v) is 8.27. The molecule has 0 saturated heterocycles. The first-order chi connectivity index (χ1) is 12.1. The van der Waals surface area contributed by atoms with Gasteiger partial charge < -0.3 is 14.5 Å². The van der Waals surface area contributed by atoms with Crippen molar-refractivity contribution < 1.29 is 18.7 Å². The molecule has 0 fully saturated rings. The van der Waals surface area contributed by atoms with Crippen molar-refractivity contribution in [1.82, 2.24) is 0 Å². The third-order valence-electron chi connectivity index (χ3n) is 3.88. The third kappa shape index (κ3) is 4.59. The highest BCUT2D eigenvalue weighted by atomic mass is 16.5. The fourth-order valence-corrected chi connectivity index (χ4v) is 2.70. The molecule has 0 aliphatic carbocycles. The Morgan fingerprint density at radius 1 is 1.15 bits per heavy atom. The Morgan fingerprint density at radius 3 is 2.42 bits per heavy atom. The zero-order valence-corrected chi connectivity index (χ0v) is 15.6. The van der Waals surface area contributed by atoms with Gasteiger partial charge in [-0.25, -0.2) is 9.59 Å². The Kier molecular flexibility index (Phi) is 5.65. The Hall–Kier alpha value is -2.89. The van der Waals surface area contributed by atoms with E-state index in [0.29, 0.717) is 11.3 Å². The van der Waals surface area contributed by atoms with Gasteiger partial charge in [-0.15, -0.1) is 0 Å². The van der Waals surface area contributed by atoms with Crippen LogP contribution in [0.1, 0.15) is 48.0 Å². The number of anilines is 1. The second-order valence-corrected chi connectivity index (χ2v) is 7.10.